The lowest BCUT2D eigenvalue weighted by Gasteiger charge is -2.03. The highest BCUT2D eigenvalue weighted by Gasteiger charge is 2.19. The fourth-order valence-electron chi connectivity index (χ4n) is 2.42. The van der Waals surface area contributed by atoms with E-state index in [0.29, 0.717) is 18.0 Å². The van der Waals surface area contributed by atoms with Crippen molar-refractivity contribution in [1.29, 1.82) is 0 Å². The summed E-state index contributed by atoms with van der Waals surface area (Å²) in [5, 5.41) is 17.6. The third-order valence-corrected chi connectivity index (χ3v) is 3.57. The van der Waals surface area contributed by atoms with Gasteiger partial charge in [0, 0.05) is 18.3 Å². The Balaban J connectivity index is 1.69. The third-order valence-electron chi connectivity index (χ3n) is 3.57. The van der Waals surface area contributed by atoms with Crippen molar-refractivity contribution in [2.45, 2.75) is 13.5 Å². The van der Waals surface area contributed by atoms with Crippen molar-refractivity contribution in [2.24, 2.45) is 0 Å². The van der Waals surface area contributed by atoms with Crippen LogP contribution in [0.5, 0.6) is 0 Å². The number of anilines is 1. The van der Waals surface area contributed by atoms with E-state index in [9.17, 15) is 9.59 Å². The van der Waals surface area contributed by atoms with Crippen LogP contribution in [0.2, 0.25) is 0 Å². The van der Waals surface area contributed by atoms with Crippen molar-refractivity contribution in [3.63, 3.8) is 0 Å². The number of oxazole rings is 1. The van der Waals surface area contributed by atoms with Crippen LogP contribution in [-0.4, -0.2) is 38.4 Å². The van der Waals surface area contributed by atoms with Crippen LogP contribution in [0.3, 0.4) is 0 Å². The molecule has 9 nitrogen and oxygen atoms in total. The molecule has 0 spiro atoms. The Morgan fingerprint density at radius 2 is 2.19 bits per heavy atom. The first-order valence-electron chi connectivity index (χ1n) is 7.84. The van der Waals surface area contributed by atoms with Gasteiger partial charge in [-0.25, -0.2) is 9.78 Å². The van der Waals surface area contributed by atoms with Crippen LogP contribution in [0.4, 0.5) is 10.5 Å². The molecule has 0 atom stereocenters. The quantitative estimate of drug-likeness (QED) is 0.624. The Labute approximate surface area is 148 Å². The van der Waals surface area contributed by atoms with E-state index < -0.39 is 12.0 Å². The number of hydrogen-bond donors (Lipinski definition) is 3. The van der Waals surface area contributed by atoms with E-state index in [1.54, 1.807) is 6.20 Å². The average molecular weight is 355 g/mol. The summed E-state index contributed by atoms with van der Waals surface area (Å²) in [6.45, 7) is 2.51. The largest absolute Gasteiger partial charge is 0.465 e. The molecule has 0 unspecified atom stereocenters. The molecule has 2 amide bonds. The zero-order valence-corrected chi connectivity index (χ0v) is 14.0. The van der Waals surface area contributed by atoms with Crippen molar-refractivity contribution in [1.82, 2.24) is 20.1 Å². The fourth-order valence-corrected chi connectivity index (χ4v) is 2.42. The summed E-state index contributed by atoms with van der Waals surface area (Å²) in [4.78, 5) is 26.9. The van der Waals surface area contributed by atoms with Crippen LogP contribution in [0.15, 0.2) is 47.5 Å². The number of amides is 2. The summed E-state index contributed by atoms with van der Waals surface area (Å²) in [5.41, 5.74) is 2.46. The molecule has 3 rings (SSSR count). The van der Waals surface area contributed by atoms with Gasteiger partial charge in [0.2, 0.25) is 0 Å². The van der Waals surface area contributed by atoms with Gasteiger partial charge in [-0.2, -0.15) is 5.10 Å². The van der Waals surface area contributed by atoms with E-state index in [-0.39, 0.29) is 12.2 Å². The smallest absolute Gasteiger partial charge is 0.404 e. The molecule has 0 fully saturated rings. The number of nitrogens with one attached hydrogen (secondary N) is 2. The molecule has 0 aliphatic carbocycles. The highest BCUT2D eigenvalue weighted by molar-refractivity contribution is 6.06. The lowest BCUT2D eigenvalue weighted by Crippen LogP contribution is -2.25. The molecule has 0 saturated heterocycles. The Hall–Kier alpha value is -3.62. The molecule has 26 heavy (non-hydrogen) atoms. The molecule has 0 aliphatic rings. The van der Waals surface area contributed by atoms with Crippen LogP contribution >= 0.6 is 0 Å². The van der Waals surface area contributed by atoms with Gasteiger partial charge in [0.15, 0.2) is 17.8 Å². The standard InChI is InChI=1S/C17H17N5O4/c1-11-3-2-4-12(7-11)15-14(19-10-26-15)16(23)21-13-8-20-22(9-13)6-5-18-17(24)25/h2-4,7-10,18H,5-6H2,1H3,(H,21,23)(H,24,25). The fraction of sp³-hybridized carbons (Fsp3) is 0.176. The van der Waals surface area contributed by atoms with Gasteiger partial charge in [0.05, 0.1) is 18.4 Å². The normalized spacial score (nSPS) is 10.5. The maximum absolute atomic E-state index is 12.5. The minimum Gasteiger partial charge on any atom is -0.465 e. The SMILES string of the molecule is Cc1cccc(-c2ocnc2C(=O)Nc2cnn(CCNC(=O)O)c2)c1. The van der Waals surface area contributed by atoms with E-state index in [1.807, 2.05) is 31.2 Å². The van der Waals surface area contributed by atoms with Crippen molar-refractivity contribution >= 4 is 17.7 Å². The molecule has 0 aliphatic heterocycles. The first-order chi connectivity index (χ1) is 12.5. The van der Waals surface area contributed by atoms with Gasteiger partial charge in [0.25, 0.3) is 5.91 Å². The van der Waals surface area contributed by atoms with Crippen molar-refractivity contribution in [2.75, 3.05) is 11.9 Å². The van der Waals surface area contributed by atoms with Crippen LogP contribution in [0.25, 0.3) is 11.3 Å². The van der Waals surface area contributed by atoms with Crippen molar-refractivity contribution in [3.8, 4) is 11.3 Å². The Morgan fingerprint density at radius 1 is 1.35 bits per heavy atom. The number of aryl methyl sites for hydroxylation is 1. The highest BCUT2D eigenvalue weighted by atomic mass is 16.4. The molecule has 134 valence electrons. The molecule has 3 aromatic rings. The maximum Gasteiger partial charge on any atom is 0.404 e. The predicted octanol–water partition coefficient (Wildman–Crippen LogP) is 2.37. The summed E-state index contributed by atoms with van der Waals surface area (Å²) in [5.74, 6) is -0.0253. The van der Waals surface area contributed by atoms with Gasteiger partial charge in [0.1, 0.15) is 0 Å². The third kappa shape index (κ3) is 4.07. The monoisotopic (exact) mass is 355 g/mol. The summed E-state index contributed by atoms with van der Waals surface area (Å²) < 4.78 is 6.91. The second kappa shape index (κ2) is 7.51. The highest BCUT2D eigenvalue weighted by Crippen LogP contribution is 2.24. The first kappa shape index (κ1) is 17.2. The summed E-state index contributed by atoms with van der Waals surface area (Å²) >= 11 is 0. The maximum atomic E-state index is 12.5. The van der Waals surface area contributed by atoms with E-state index in [1.165, 1.54) is 17.3 Å². The number of aromatic nitrogens is 3. The Bertz CT molecular complexity index is 931. The molecule has 9 heteroatoms. The predicted molar refractivity (Wildman–Crippen MR) is 92.9 cm³/mol. The minimum absolute atomic E-state index is 0.177. The van der Waals surface area contributed by atoms with Crippen LogP contribution in [0.1, 0.15) is 16.1 Å². The average Bonchev–Trinajstić information content (AvgIpc) is 3.24. The second-order valence-corrected chi connectivity index (χ2v) is 5.58. The van der Waals surface area contributed by atoms with Gasteiger partial charge >= 0.3 is 6.09 Å². The van der Waals surface area contributed by atoms with E-state index in [0.717, 1.165) is 11.1 Å². The van der Waals surface area contributed by atoms with E-state index >= 15 is 0 Å². The minimum atomic E-state index is -1.10. The van der Waals surface area contributed by atoms with Crippen LogP contribution in [0, 0.1) is 6.92 Å². The number of rotatable bonds is 6. The molecule has 2 heterocycles. The molecular weight excluding hydrogens is 338 g/mol. The zero-order valence-electron chi connectivity index (χ0n) is 14.0. The van der Waals surface area contributed by atoms with Gasteiger partial charge in [-0.1, -0.05) is 23.8 Å². The summed E-state index contributed by atoms with van der Waals surface area (Å²) in [6, 6.07) is 7.58. The lowest BCUT2D eigenvalue weighted by molar-refractivity contribution is 0.102. The van der Waals surface area contributed by atoms with Crippen LogP contribution in [-0.2, 0) is 6.54 Å². The Kier molecular flexibility index (Phi) is 4.97. The molecule has 1 aromatic carbocycles. The molecule has 0 bridgehead atoms. The van der Waals surface area contributed by atoms with Gasteiger partial charge in [-0.15, -0.1) is 0 Å². The first-order valence-corrected chi connectivity index (χ1v) is 7.84. The molecule has 3 N–H and O–H groups in total. The zero-order chi connectivity index (χ0) is 18.5. The summed E-state index contributed by atoms with van der Waals surface area (Å²) in [6.07, 6.45) is 3.22. The van der Waals surface area contributed by atoms with E-state index in [4.69, 9.17) is 9.52 Å². The summed E-state index contributed by atoms with van der Waals surface area (Å²) in [7, 11) is 0. The second-order valence-electron chi connectivity index (χ2n) is 5.58. The number of hydrogen-bond acceptors (Lipinski definition) is 5. The number of carbonyl (C=O) groups is 2. The van der Waals surface area contributed by atoms with E-state index in [2.05, 4.69) is 20.7 Å². The number of carbonyl (C=O) groups excluding carboxylic acids is 1. The lowest BCUT2D eigenvalue weighted by atomic mass is 10.1. The van der Waals surface area contributed by atoms with Gasteiger partial charge in [-0.05, 0) is 13.0 Å². The molecule has 0 saturated carbocycles. The number of carboxylic acid groups (broad SMARTS) is 1. The number of benzene rings is 1. The topological polar surface area (TPSA) is 122 Å². The van der Waals surface area contributed by atoms with Gasteiger partial charge in [-0.3, -0.25) is 9.48 Å². The van der Waals surface area contributed by atoms with Crippen LogP contribution < -0.4 is 10.6 Å². The Morgan fingerprint density at radius 3 is 2.96 bits per heavy atom. The number of nitrogens with zero attached hydrogens (tertiary/aromatic N) is 3. The van der Waals surface area contributed by atoms with Crippen molar-refractivity contribution < 1.29 is 19.1 Å². The van der Waals surface area contributed by atoms with Gasteiger partial charge < -0.3 is 20.2 Å². The van der Waals surface area contributed by atoms with Crippen molar-refractivity contribution in [3.05, 3.63) is 54.3 Å². The molecule has 2 aromatic heterocycles. The molecular formula is C17H17N5O4. The molecule has 0 radical (unpaired) electrons.